The number of pyridine rings is 1. The Morgan fingerprint density at radius 1 is 1.09 bits per heavy atom. The van der Waals surface area contributed by atoms with Gasteiger partial charge in [0, 0.05) is 50.5 Å². The Morgan fingerprint density at radius 2 is 1.89 bits per heavy atom. The highest BCUT2D eigenvalue weighted by molar-refractivity contribution is 5.85. The maximum absolute atomic E-state index is 12.5. The van der Waals surface area contributed by atoms with E-state index >= 15 is 0 Å². The van der Waals surface area contributed by atoms with E-state index in [1.54, 1.807) is 18.3 Å². The summed E-state index contributed by atoms with van der Waals surface area (Å²) >= 11 is 0. The number of H-pyrrole nitrogens is 1. The van der Waals surface area contributed by atoms with Crippen LogP contribution in [0.3, 0.4) is 0 Å². The number of carbonyl (C=O) groups excluding carboxylic acids is 1. The molecular formula is C32H41N9O3. The number of rotatable bonds is 9. The molecule has 3 aromatic heterocycles. The fourth-order valence-electron chi connectivity index (χ4n) is 5.40. The normalized spacial score (nSPS) is 16.5. The predicted molar refractivity (Wildman–Crippen MR) is 170 cm³/mol. The number of anilines is 3. The molecule has 12 nitrogen and oxygen atoms in total. The molecule has 0 radical (unpaired) electrons. The average molecular weight is 600 g/mol. The second-order valence-electron chi connectivity index (χ2n) is 12.5. The summed E-state index contributed by atoms with van der Waals surface area (Å²) in [5.74, 6) is 3.35. The van der Waals surface area contributed by atoms with Gasteiger partial charge >= 0.3 is 6.09 Å². The Hall–Kier alpha value is -4.45. The Balaban J connectivity index is 1.12. The van der Waals surface area contributed by atoms with Crippen molar-refractivity contribution in [3.05, 3.63) is 48.4 Å². The molecule has 1 saturated carbocycles. The number of benzene rings is 1. The lowest BCUT2D eigenvalue weighted by Gasteiger charge is -2.38. The zero-order valence-corrected chi connectivity index (χ0v) is 26.1. The molecule has 1 unspecified atom stereocenters. The second-order valence-corrected chi connectivity index (χ2v) is 12.5. The summed E-state index contributed by atoms with van der Waals surface area (Å²) in [6.45, 7) is 11.6. The number of piperazine rings is 1. The largest absolute Gasteiger partial charge is 0.491 e. The number of aromatic nitrogens is 5. The molecule has 2 aliphatic rings. The minimum Gasteiger partial charge on any atom is -0.491 e. The fourth-order valence-corrected chi connectivity index (χ4v) is 5.40. The molecule has 44 heavy (non-hydrogen) atoms. The molecule has 12 heteroatoms. The molecule has 0 bridgehead atoms. The number of ether oxygens (including phenoxy) is 2. The maximum Gasteiger partial charge on any atom is 0.410 e. The van der Waals surface area contributed by atoms with Gasteiger partial charge in [0.05, 0.1) is 18.1 Å². The third-order valence-electron chi connectivity index (χ3n) is 8.04. The molecule has 1 saturated heterocycles. The number of hydrogen-bond donors (Lipinski definition) is 3. The van der Waals surface area contributed by atoms with E-state index in [0.717, 1.165) is 47.5 Å². The van der Waals surface area contributed by atoms with E-state index in [0.29, 0.717) is 42.3 Å². The van der Waals surface area contributed by atoms with Crippen molar-refractivity contribution >= 4 is 34.7 Å². The van der Waals surface area contributed by atoms with Gasteiger partial charge < -0.3 is 30.0 Å². The van der Waals surface area contributed by atoms with Gasteiger partial charge in [-0.3, -0.25) is 4.90 Å². The van der Waals surface area contributed by atoms with E-state index in [2.05, 4.69) is 42.4 Å². The van der Waals surface area contributed by atoms with Gasteiger partial charge in [-0.25, -0.2) is 24.7 Å². The van der Waals surface area contributed by atoms with Crippen LogP contribution in [0.1, 0.15) is 52.1 Å². The van der Waals surface area contributed by atoms with Gasteiger partial charge in [-0.15, -0.1) is 0 Å². The van der Waals surface area contributed by atoms with Gasteiger partial charge in [0.1, 0.15) is 23.4 Å². The van der Waals surface area contributed by atoms with Crippen molar-refractivity contribution < 1.29 is 14.3 Å². The topological polar surface area (TPSA) is 133 Å². The fraction of sp³-hybridized carbons (Fsp3) is 0.469. The molecular weight excluding hydrogens is 558 g/mol. The van der Waals surface area contributed by atoms with Gasteiger partial charge in [-0.1, -0.05) is 6.07 Å². The van der Waals surface area contributed by atoms with Crippen LogP contribution in [-0.2, 0) is 4.74 Å². The van der Waals surface area contributed by atoms with Crippen molar-refractivity contribution in [3.63, 3.8) is 0 Å². The summed E-state index contributed by atoms with van der Waals surface area (Å²) in [4.78, 5) is 38.2. The lowest BCUT2D eigenvalue weighted by Crippen LogP contribution is -2.50. The number of carbonyl (C=O) groups is 1. The number of methoxy groups -OCH3 is 1. The minimum atomic E-state index is -0.495. The molecule has 232 valence electrons. The summed E-state index contributed by atoms with van der Waals surface area (Å²) in [6.07, 6.45) is 5.64. The zero-order chi connectivity index (χ0) is 30.8. The van der Waals surface area contributed by atoms with Gasteiger partial charge in [-0.2, -0.15) is 0 Å². The highest BCUT2D eigenvalue weighted by Gasteiger charge is 2.28. The molecule has 2 fully saturated rings. The summed E-state index contributed by atoms with van der Waals surface area (Å²) in [5.41, 5.74) is 3.96. The van der Waals surface area contributed by atoms with Crippen molar-refractivity contribution in [2.24, 2.45) is 5.92 Å². The molecule has 1 aromatic carbocycles. The van der Waals surface area contributed by atoms with Crippen LogP contribution in [0.15, 0.2) is 42.9 Å². The molecule has 1 amide bonds. The lowest BCUT2D eigenvalue weighted by molar-refractivity contribution is 0.0110. The molecule has 1 aliphatic heterocycles. The van der Waals surface area contributed by atoms with Crippen molar-refractivity contribution in [3.8, 4) is 17.0 Å². The van der Waals surface area contributed by atoms with E-state index in [4.69, 9.17) is 14.5 Å². The standard InChI is InChI=1S/C32H41N9O3/c1-20(40-12-14-41(15-13-40)31(42)44-32(2,3)4)22-10-11-33-26(17-22)39-30-37-24-9-8-23(16-25(24)38-30)27-28(43-5)29(36-19-35-27)34-18-21-6-7-21/h8-11,16-17,19-21H,6-7,12-15,18H2,1-5H3,(H,34,35,36)(H2,33,37,38,39). The number of aromatic amines is 1. The Kier molecular flexibility index (Phi) is 8.26. The summed E-state index contributed by atoms with van der Waals surface area (Å²) in [6, 6.07) is 10.2. The minimum absolute atomic E-state index is 0.157. The van der Waals surface area contributed by atoms with Crippen molar-refractivity contribution in [2.45, 2.75) is 52.2 Å². The average Bonchev–Trinajstić information content (AvgIpc) is 3.76. The van der Waals surface area contributed by atoms with Crippen LogP contribution < -0.4 is 15.4 Å². The first kappa shape index (κ1) is 29.6. The predicted octanol–water partition coefficient (Wildman–Crippen LogP) is 5.60. The second kappa shape index (κ2) is 12.3. The summed E-state index contributed by atoms with van der Waals surface area (Å²) < 4.78 is 11.3. The first-order chi connectivity index (χ1) is 21.2. The molecule has 6 rings (SSSR count). The maximum atomic E-state index is 12.5. The molecule has 0 spiro atoms. The van der Waals surface area contributed by atoms with E-state index in [9.17, 15) is 4.79 Å². The third kappa shape index (κ3) is 6.85. The highest BCUT2D eigenvalue weighted by atomic mass is 16.6. The summed E-state index contributed by atoms with van der Waals surface area (Å²) in [5, 5.41) is 6.75. The van der Waals surface area contributed by atoms with Crippen LogP contribution in [0.2, 0.25) is 0 Å². The highest BCUT2D eigenvalue weighted by Crippen LogP contribution is 2.36. The number of nitrogens with one attached hydrogen (secondary N) is 3. The Labute approximate surface area is 257 Å². The Morgan fingerprint density at radius 3 is 2.61 bits per heavy atom. The van der Waals surface area contributed by atoms with Crippen molar-refractivity contribution in [1.29, 1.82) is 0 Å². The van der Waals surface area contributed by atoms with Crippen LogP contribution in [0.4, 0.5) is 22.4 Å². The molecule has 1 atom stereocenters. The van der Waals surface area contributed by atoms with Gasteiger partial charge in [0.15, 0.2) is 11.6 Å². The van der Waals surface area contributed by atoms with Crippen LogP contribution in [-0.4, -0.2) is 86.2 Å². The quantitative estimate of drug-likeness (QED) is 0.223. The van der Waals surface area contributed by atoms with Crippen LogP contribution in [0, 0.1) is 5.92 Å². The van der Waals surface area contributed by atoms with E-state index < -0.39 is 5.60 Å². The molecule has 1 aliphatic carbocycles. The van der Waals surface area contributed by atoms with Gasteiger partial charge in [-0.05, 0) is 76.3 Å². The van der Waals surface area contributed by atoms with Gasteiger partial charge in [0.25, 0.3) is 0 Å². The number of amides is 1. The summed E-state index contributed by atoms with van der Waals surface area (Å²) in [7, 11) is 1.65. The number of nitrogens with zero attached hydrogens (tertiary/aromatic N) is 6. The van der Waals surface area contributed by atoms with Gasteiger partial charge in [0.2, 0.25) is 5.95 Å². The smallest absolute Gasteiger partial charge is 0.410 e. The van der Waals surface area contributed by atoms with Crippen LogP contribution >= 0.6 is 0 Å². The van der Waals surface area contributed by atoms with E-state index in [1.165, 1.54) is 12.8 Å². The number of imidazole rings is 1. The molecule has 4 heterocycles. The first-order valence-electron chi connectivity index (χ1n) is 15.2. The van der Waals surface area contributed by atoms with E-state index in [-0.39, 0.29) is 12.1 Å². The first-order valence-corrected chi connectivity index (χ1v) is 15.2. The van der Waals surface area contributed by atoms with Crippen molar-refractivity contribution in [1.82, 2.24) is 34.7 Å². The van der Waals surface area contributed by atoms with Crippen LogP contribution in [0.5, 0.6) is 5.75 Å². The zero-order valence-electron chi connectivity index (χ0n) is 26.1. The molecule has 3 N–H and O–H groups in total. The monoisotopic (exact) mass is 599 g/mol. The number of hydrogen-bond acceptors (Lipinski definition) is 10. The number of fused-ring (bicyclic) bond motifs is 1. The molecule has 4 aromatic rings. The lowest BCUT2D eigenvalue weighted by atomic mass is 10.1. The SMILES string of the molecule is COc1c(NCC2CC2)ncnc1-c1ccc2nc(Nc3cc(C(C)N4CCN(C(=O)OC(C)(C)C)CC4)ccn3)[nH]c2c1. The van der Waals surface area contributed by atoms with E-state index in [1.807, 2.05) is 57.3 Å². The third-order valence-corrected chi connectivity index (χ3v) is 8.04. The van der Waals surface area contributed by atoms with Crippen molar-refractivity contribution in [2.75, 3.05) is 50.5 Å². The Bertz CT molecular complexity index is 1620. The van der Waals surface area contributed by atoms with Crippen LogP contribution in [0.25, 0.3) is 22.3 Å².